The molecule has 4 aromatic rings. The lowest BCUT2D eigenvalue weighted by atomic mass is 10.1. The fraction of sp³-hybridized carbons (Fsp3) is 0.174. The van der Waals surface area contributed by atoms with Gasteiger partial charge in [-0.25, -0.2) is 9.13 Å². The van der Waals surface area contributed by atoms with Gasteiger partial charge in [-0.15, -0.1) is 0 Å². The van der Waals surface area contributed by atoms with Gasteiger partial charge in [-0.05, 0) is 35.4 Å². The summed E-state index contributed by atoms with van der Waals surface area (Å²) in [5.74, 6) is 1.39. The van der Waals surface area contributed by atoms with Crippen LogP contribution in [0.3, 0.4) is 0 Å². The molecule has 0 spiro atoms. The molecule has 0 aliphatic rings. The van der Waals surface area contributed by atoms with Gasteiger partial charge in [-0.2, -0.15) is 0 Å². The van der Waals surface area contributed by atoms with Crippen molar-refractivity contribution in [3.8, 4) is 5.75 Å². The van der Waals surface area contributed by atoms with Gasteiger partial charge < -0.3 is 9.84 Å². The first kappa shape index (κ1) is 18.1. The van der Waals surface area contributed by atoms with Gasteiger partial charge in [0.1, 0.15) is 29.4 Å². The number of ether oxygens (including phenoxy) is 1. The first-order valence-electron chi connectivity index (χ1n) is 9.30. The summed E-state index contributed by atoms with van der Waals surface area (Å²) in [5.41, 5.74) is 10.6. The van der Waals surface area contributed by atoms with Crippen molar-refractivity contribution in [2.24, 2.45) is 0 Å². The van der Waals surface area contributed by atoms with E-state index >= 15 is 0 Å². The Balaban J connectivity index is 1.69. The molecular formula is C23H24N3O2+. The predicted molar refractivity (Wildman–Crippen MR) is 110 cm³/mol. The summed E-state index contributed by atoms with van der Waals surface area (Å²) in [5, 5.41) is 10.8. The Morgan fingerprint density at radius 1 is 0.964 bits per heavy atom. The molecule has 0 aliphatic carbocycles. The number of para-hydroxylation sites is 2. The van der Waals surface area contributed by atoms with Crippen molar-refractivity contribution in [2.45, 2.75) is 19.2 Å². The molecule has 0 saturated carbocycles. The summed E-state index contributed by atoms with van der Waals surface area (Å²) in [6.07, 6.45) is -0.672. The molecule has 0 unspecified atom stereocenters. The third kappa shape index (κ3) is 3.44. The highest BCUT2D eigenvalue weighted by Gasteiger charge is 2.23. The molecule has 3 aromatic carbocycles. The summed E-state index contributed by atoms with van der Waals surface area (Å²) >= 11 is 0. The molecule has 0 fully saturated rings. The van der Waals surface area contributed by atoms with Crippen molar-refractivity contribution in [2.75, 3.05) is 12.8 Å². The average molecular weight is 374 g/mol. The monoisotopic (exact) mass is 374 g/mol. The number of imidazole rings is 1. The van der Waals surface area contributed by atoms with E-state index in [2.05, 4.69) is 22.8 Å². The molecule has 4 rings (SSSR count). The Labute approximate surface area is 164 Å². The fourth-order valence-electron chi connectivity index (χ4n) is 3.54. The number of hydrogen-bond acceptors (Lipinski definition) is 3. The number of hydrogen-bond donors (Lipinski definition) is 2. The van der Waals surface area contributed by atoms with E-state index in [9.17, 15) is 5.11 Å². The number of methoxy groups -OCH3 is 1. The second-order valence-electron chi connectivity index (χ2n) is 6.82. The third-order valence-corrected chi connectivity index (χ3v) is 5.06. The van der Waals surface area contributed by atoms with Crippen LogP contribution < -0.4 is 15.0 Å². The highest BCUT2D eigenvalue weighted by molar-refractivity contribution is 5.74. The van der Waals surface area contributed by atoms with Crippen LogP contribution in [0.1, 0.15) is 17.2 Å². The Kier molecular flexibility index (Phi) is 5.00. The summed E-state index contributed by atoms with van der Waals surface area (Å²) in [7, 11) is 1.63. The van der Waals surface area contributed by atoms with Crippen molar-refractivity contribution in [3.63, 3.8) is 0 Å². The molecule has 0 amide bonds. The second kappa shape index (κ2) is 7.74. The number of aromatic nitrogens is 2. The van der Waals surface area contributed by atoms with Crippen LogP contribution in [0.5, 0.6) is 5.75 Å². The van der Waals surface area contributed by atoms with E-state index in [1.54, 1.807) is 7.11 Å². The summed E-state index contributed by atoms with van der Waals surface area (Å²) in [6.45, 7) is 1.05. The fourth-order valence-corrected chi connectivity index (χ4v) is 3.54. The van der Waals surface area contributed by atoms with Crippen LogP contribution in [0, 0.1) is 0 Å². The van der Waals surface area contributed by atoms with Crippen LogP contribution in [0.2, 0.25) is 0 Å². The van der Waals surface area contributed by atoms with E-state index in [-0.39, 0.29) is 0 Å². The van der Waals surface area contributed by atoms with Gasteiger partial charge >= 0.3 is 5.95 Å². The van der Waals surface area contributed by atoms with Gasteiger partial charge in [0.2, 0.25) is 0 Å². The maximum absolute atomic E-state index is 10.8. The molecule has 1 atom stereocenters. The third-order valence-electron chi connectivity index (χ3n) is 5.06. The van der Waals surface area contributed by atoms with E-state index in [0.29, 0.717) is 19.0 Å². The van der Waals surface area contributed by atoms with Gasteiger partial charge in [0, 0.05) is 0 Å². The molecule has 5 heteroatoms. The Morgan fingerprint density at radius 3 is 2.36 bits per heavy atom. The van der Waals surface area contributed by atoms with Crippen LogP contribution in [0.25, 0.3) is 11.0 Å². The summed E-state index contributed by atoms with van der Waals surface area (Å²) in [4.78, 5) is 0. The van der Waals surface area contributed by atoms with Crippen molar-refractivity contribution in [3.05, 3.63) is 90.0 Å². The van der Waals surface area contributed by atoms with Gasteiger partial charge in [-0.1, -0.05) is 54.6 Å². The molecule has 0 aliphatic heterocycles. The second-order valence-corrected chi connectivity index (χ2v) is 6.82. The molecule has 0 bridgehead atoms. The smallest absolute Gasteiger partial charge is 0.356 e. The molecule has 1 aromatic heterocycles. The number of rotatable bonds is 6. The standard InChI is InChI=1S/C23H23N3O2/c1-28-19-13-11-18(12-14-19)22(27)16-26-21-10-6-5-9-20(21)25(23(26)24)15-17-7-3-2-4-8-17/h2-14,22,24,27H,15-16H2,1H3/p+1/t22-/m1/s1. The number of aliphatic hydroxyl groups is 1. The highest BCUT2D eigenvalue weighted by atomic mass is 16.5. The Hall–Kier alpha value is -3.31. The van der Waals surface area contributed by atoms with E-state index < -0.39 is 6.10 Å². The molecular weight excluding hydrogens is 350 g/mol. The van der Waals surface area contributed by atoms with Crippen molar-refractivity contribution < 1.29 is 14.4 Å². The van der Waals surface area contributed by atoms with E-state index in [1.807, 2.05) is 65.2 Å². The van der Waals surface area contributed by atoms with Crippen LogP contribution in [0.4, 0.5) is 5.95 Å². The highest BCUT2D eigenvalue weighted by Crippen LogP contribution is 2.23. The van der Waals surface area contributed by atoms with Crippen LogP contribution in [-0.4, -0.2) is 16.8 Å². The molecule has 5 nitrogen and oxygen atoms in total. The minimum absolute atomic E-state index is 0.375. The zero-order valence-electron chi connectivity index (χ0n) is 15.8. The Bertz CT molecular complexity index is 1070. The van der Waals surface area contributed by atoms with E-state index in [1.165, 1.54) is 5.56 Å². The Morgan fingerprint density at radius 2 is 1.64 bits per heavy atom. The zero-order chi connectivity index (χ0) is 19.5. The number of aliphatic hydroxyl groups excluding tert-OH is 1. The first-order chi connectivity index (χ1) is 13.7. The molecule has 0 saturated heterocycles. The van der Waals surface area contributed by atoms with Gasteiger partial charge in [0.05, 0.1) is 13.7 Å². The van der Waals surface area contributed by atoms with Crippen LogP contribution in [0.15, 0.2) is 78.9 Å². The lowest BCUT2D eigenvalue weighted by Crippen LogP contribution is -2.37. The first-order valence-corrected chi connectivity index (χ1v) is 9.30. The minimum Gasteiger partial charge on any atom is -0.497 e. The minimum atomic E-state index is -0.672. The SMILES string of the molecule is COc1ccc([C@H](O)Cn2c(N)[n+](Cc3ccccc3)c3ccccc32)cc1. The van der Waals surface area contributed by atoms with Gasteiger partial charge in [0.25, 0.3) is 0 Å². The maximum Gasteiger partial charge on any atom is 0.356 e. The number of nitrogens with zero attached hydrogens (tertiary/aromatic N) is 2. The average Bonchev–Trinajstić information content (AvgIpc) is 3.00. The predicted octanol–water partition coefficient (Wildman–Crippen LogP) is 3.30. The van der Waals surface area contributed by atoms with Gasteiger partial charge in [0.15, 0.2) is 0 Å². The topological polar surface area (TPSA) is 64.3 Å². The number of nitrogen functional groups attached to an aromatic ring is 1. The molecule has 1 heterocycles. The molecule has 0 radical (unpaired) electrons. The molecule has 3 N–H and O–H groups in total. The maximum atomic E-state index is 10.8. The lowest BCUT2D eigenvalue weighted by Gasteiger charge is -2.11. The molecule has 142 valence electrons. The summed E-state index contributed by atoms with van der Waals surface area (Å²) in [6, 6.07) is 25.8. The van der Waals surface area contributed by atoms with Crippen LogP contribution in [-0.2, 0) is 13.1 Å². The normalized spacial score (nSPS) is 12.2. The largest absolute Gasteiger partial charge is 0.497 e. The van der Waals surface area contributed by atoms with E-state index in [4.69, 9.17) is 10.5 Å². The van der Waals surface area contributed by atoms with Crippen molar-refractivity contribution in [1.29, 1.82) is 0 Å². The van der Waals surface area contributed by atoms with Gasteiger partial charge in [-0.3, -0.25) is 5.73 Å². The zero-order valence-corrected chi connectivity index (χ0v) is 15.8. The number of fused-ring (bicyclic) bond motifs is 1. The number of nitrogens with two attached hydrogens (primary N) is 1. The number of benzene rings is 3. The quantitative estimate of drug-likeness (QED) is 0.509. The summed E-state index contributed by atoms with van der Waals surface area (Å²) < 4.78 is 9.26. The van der Waals surface area contributed by atoms with E-state index in [0.717, 1.165) is 22.3 Å². The van der Waals surface area contributed by atoms with Crippen molar-refractivity contribution >= 4 is 17.0 Å². The van der Waals surface area contributed by atoms with Crippen molar-refractivity contribution in [1.82, 2.24) is 4.57 Å². The molecule has 28 heavy (non-hydrogen) atoms. The lowest BCUT2D eigenvalue weighted by molar-refractivity contribution is -0.648. The number of anilines is 1. The van der Waals surface area contributed by atoms with Crippen LogP contribution >= 0.6 is 0 Å².